The predicted octanol–water partition coefficient (Wildman–Crippen LogP) is 3.79. The molecule has 0 amide bonds. The number of alkyl halides is 3. The van der Waals surface area contributed by atoms with Gasteiger partial charge in [-0.05, 0) is 23.8 Å². The quantitative estimate of drug-likeness (QED) is 0.783. The number of aliphatic hydroxyl groups is 1. The number of fused-ring (bicyclic) bond motifs is 1. The van der Waals surface area contributed by atoms with Crippen molar-refractivity contribution in [3.8, 4) is 0 Å². The maximum absolute atomic E-state index is 12.5. The number of aromatic nitrogens is 2. The molecule has 0 aliphatic carbocycles. The molecular weight excluding hydrogens is 301 g/mol. The molecule has 2 aromatic heterocycles. The molecule has 2 heterocycles. The van der Waals surface area contributed by atoms with Crippen LogP contribution in [0.2, 0.25) is 0 Å². The van der Waals surface area contributed by atoms with Gasteiger partial charge in [0.05, 0.1) is 10.4 Å². The van der Waals surface area contributed by atoms with Crippen LogP contribution in [0.15, 0.2) is 42.7 Å². The minimum absolute atomic E-state index is 0.158. The van der Waals surface area contributed by atoms with Gasteiger partial charge in [-0.3, -0.25) is 4.98 Å². The maximum Gasteiger partial charge on any atom is 0.443 e. The number of thiazole rings is 1. The Morgan fingerprint density at radius 1 is 1.14 bits per heavy atom. The molecule has 108 valence electrons. The average Bonchev–Trinajstić information content (AvgIpc) is 2.96. The van der Waals surface area contributed by atoms with Crippen LogP contribution in [0.25, 0.3) is 10.9 Å². The third kappa shape index (κ3) is 2.74. The maximum atomic E-state index is 12.5. The molecule has 3 nitrogen and oxygen atoms in total. The van der Waals surface area contributed by atoms with Crippen LogP contribution in [-0.4, -0.2) is 15.1 Å². The van der Waals surface area contributed by atoms with E-state index in [1.165, 1.54) is 0 Å². The van der Waals surface area contributed by atoms with Gasteiger partial charge >= 0.3 is 6.18 Å². The topological polar surface area (TPSA) is 46.0 Å². The molecule has 1 unspecified atom stereocenters. The lowest BCUT2D eigenvalue weighted by Crippen LogP contribution is -2.03. The Hall–Kier alpha value is -1.99. The lowest BCUT2D eigenvalue weighted by molar-refractivity contribution is -0.137. The van der Waals surface area contributed by atoms with Crippen molar-refractivity contribution in [2.24, 2.45) is 0 Å². The van der Waals surface area contributed by atoms with Crippen molar-refractivity contribution in [1.82, 2.24) is 9.97 Å². The van der Waals surface area contributed by atoms with Crippen molar-refractivity contribution in [1.29, 1.82) is 0 Å². The first-order chi connectivity index (χ1) is 9.95. The van der Waals surface area contributed by atoms with Crippen molar-refractivity contribution >= 4 is 22.2 Å². The van der Waals surface area contributed by atoms with Crippen LogP contribution >= 0.6 is 11.3 Å². The fraction of sp³-hybridized carbons (Fsp3) is 0.143. The van der Waals surface area contributed by atoms with Crippen molar-refractivity contribution < 1.29 is 18.3 Å². The monoisotopic (exact) mass is 310 g/mol. The number of halogens is 3. The number of aliphatic hydroxyl groups excluding tert-OH is 1. The van der Waals surface area contributed by atoms with Crippen LogP contribution in [0.3, 0.4) is 0 Å². The summed E-state index contributed by atoms with van der Waals surface area (Å²) in [6.07, 6.45) is -2.91. The number of pyridine rings is 1. The third-order valence-corrected chi connectivity index (χ3v) is 4.07. The summed E-state index contributed by atoms with van der Waals surface area (Å²) in [7, 11) is 0. The fourth-order valence-corrected chi connectivity index (χ4v) is 2.77. The molecule has 1 aromatic carbocycles. The SMILES string of the molecule is OC(c1ccc2ncccc2c1)c1cnc(C(F)(F)F)s1. The van der Waals surface area contributed by atoms with Gasteiger partial charge in [-0.1, -0.05) is 12.1 Å². The summed E-state index contributed by atoms with van der Waals surface area (Å²) in [5, 5.41) is 10.1. The second-order valence-electron chi connectivity index (χ2n) is 4.42. The van der Waals surface area contributed by atoms with E-state index >= 15 is 0 Å². The van der Waals surface area contributed by atoms with E-state index in [9.17, 15) is 18.3 Å². The van der Waals surface area contributed by atoms with Crippen molar-refractivity contribution in [3.05, 3.63) is 58.2 Å². The van der Waals surface area contributed by atoms with Crippen LogP contribution in [-0.2, 0) is 6.18 Å². The van der Waals surface area contributed by atoms with E-state index in [0.29, 0.717) is 16.9 Å². The van der Waals surface area contributed by atoms with Crippen molar-refractivity contribution in [2.45, 2.75) is 12.3 Å². The van der Waals surface area contributed by atoms with E-state index in [4.69, 9.17) is 0 Å². The molecule has 1 N–H and O–H groups in total. The minimum Gasteiger partial charge on any atom is -0.383 e. The molecule has 21 heavy (non-hydrogen) atoms. The van der Waals surface area contributed by atoms with Crippen LogP contribution in [0, 0.1) is 0 Å². The molecule has 0 saturated heterocycles. The van der Waals surface area contributed by atoms with Gasteiger partial charge in [0.1, 0.15) is 6.10 Å². The summed E-state index contributed by atoms with van der Waals surface area (Å²) in [6.45, 7) is 0. The van der Waals surface area contributed by atoms with E-state index in [-0.39, 0.29) is 4.88 Å². The first kappa shape index (κ1) is 14.0. The summed E-state index contributed by atoms with van der Waals surface area (Å²) >= 11 is 0.446. The van der Waals surface area contributed by atoms with Gasteiger partial charge in [0, 0.05) is 17.8 Å². The van der Waals surface area contributed by atoms with Gasteiger partial charge in [0.2, 0.25) is 0 Å². The number of rotatable bonds is 2. The highest BCUT2D eigenvalue weighted by Crippen LogP contribution is 2.36. The Kier molecular flexibility index (Phi) is 3.38. The Morgan fingerprint density at radius 3 is 2.67 bits per heavy atom. The number of hydrogen-bond acceptors (Lipinski definition) is 4. The van der Waals surface area contributed by atoms with Gasteiger partial charge in [0.25, 0.3) is 0 Å². The highest BCUT2D eigenvalue weighted by molar-refractivity contribution is 7.11. The first-order valence-electron chi connectivity index (χ1n) is 6.01. The molecular formula is C14H9F3N2OS. The Bertz CT molecular complexity index is 785. The highest BCUT2D eigenvalue weighted by atomic mass is 32.1. The van der Waals surface area contributed by atoms with E-state index in [1.807, 2.05) is 6.07 Å². The van der Waals surface area contributed by atoms with Gasteiger partial charge in [0.15, 0.2) is 5.01 Å². The van der Waals surface area contributed by atoms with Gasteiger partial charge in [-0.25, -0.2) is 4.98 Å². The van der Waals surface area contributed by atoms with Crippen LogP contribution in [0.1, 0.15) is 21.6 Å². The van der Waals surface area contributed by atoms with Crippen molar-refractivity contribution in [2.75, 3.05) is 0 Å². The first-order valence-corrected chi connectivity index (χ1v) is 6.82. The Balaban J connectivity index is 1.96. The molecule has 3 aromatic rings. The Morgan fingerprint density at radius 2 is 1.95 bits per heavy atom. The zero-order valence-electron chi connectivity index (χ0n) is 10.5. The summed E-state index contributed by atoms with van der Waals surface area (Å²) in [5.41, 5.74) is 1.27. The molecule has 7 heteroatoms. The summed E-state index contributed by atoms with van der Waals surface area (Å²) in [5.74, 6) is 0. The summed E-state index contributed by atoms with van der Waals surface area (Å²) in [6, 6.07) is 8.66. The summed E-state index contributed by atoms with van der Waals surface area (Å²) in [4.78, 5) is 7.63. The van der Waals surface area contributed by atoms with E-state index in [0.717, 1.165) is 17.1 Å². The van der Waals surface area contributed by atoms with Gasteiger partial charge in [-0.15, -0.1) is 11.3 Å². The second kappa shape index (κ2) is 5.09. The van der Waals surface area contributed by atoms with Crippen LogP contribution in [0.4, 0.5) is 13.2 Å². The number of nitrogens with zero attached hydrogens (tertiary/aromatic N) is 2. The predicted molar refractivity (Wildman–Crippen MR) is 72.9 cm³/mol. The zero-order chi connectivity index (χ0) is 15.0. The Labute approximate surface area is 121 Å². The molecule has 3 rings (SSSR count). The average molecular weight is 310 g/mol. The lowest BCUT2D eigenvalue weighted by atomic mass is 10.1. The molecule has 0 radical (unpaired) electrons. The van der Waals surface area contributed by atoms with E-state index in [2.05, 4.69) is 9.97 Å². The van der Waals surface area contributed by atoms with Gasteiger partial charge < -0.3 is 5.11 Å². The third-order valence-electron chi connectivity index (χ3n) is 2.98. The second-order valence-corrected chi connectivity index (χ2v) is 5.49. The molecule has 0 aliphatic rings. The summed E-state index contributed by atoms with van der Waals surface area (Å²) < 4.78 is 37.6. The molecule has 1 atom stereocenters. The lowest BCUT2D eigenvalue weighted by Gasteiger charge is -2.09. The zero-order valence-corrected chi connectivity index (χ0v) is 11.3. The van der Waals surface area contributed by atoms with Gasteiger partial charge in [-0.2, -0.15) is 13.2 Å². The van der Waals surface area contributed by atoms with Crippen LogP contribution in [0.5, 0.6) is 0 Å². The molecule has 0 saturated carbocycles. The largest absolute Gasteiger partial charge is 0.443 e. The molecule has 0 fully saturated rings. The standard InChI is InChI=1S/C14H9F3N2OS/c15-14(16,17)13-19-7-11(21-13)12(20)9-3-4-10-8(6-9)2-1-5-18-10/h1-7,12,20H. The van der Waals surface area contributed by atoms with E-state index < -0.39 is 17.3 Å². The number of benzene rings is 1. The fourth-order valence-electron chi connectivity index (χ4n) is 1.97. The minimum atomic E-state index is -4.49. The normalized spacial score (nSPS) is 13.5. The number of hydrogen-bond donors (Lipinski definition) is 1. The molecule has 0 spiro atoms. The van der Waals surface area contributed by atoms with E-state index in [1.54, 1.807) is 30.5 Å². The highest BCUT2D eigenvalue weighted by Gasteiger charge is 2.35. The van der Waals surface area contributed by atoms with Crippen molar-refractivity contribution in [3.63, 3.8) is 0 Å². The molecule has 0 bridgehead atoms. The smallest absolute Gasteiger partial charge is 0.383 e. The molecule has 0 aliphatic heterocycles. The van der Waals surface area contributed by atoms with Crippen LogP contribution < -0.4 is 0 Å².